The van der Waals surface area contributed by atoms with Crippen molar-refractivity contribution in [3.05, 3.63) is 58.3 Å². The van der Waals surface area contributed by atoms with Gasteiger partial charge in [-0.15, -0.1) is 0 Å². The Bertz CT molecular complexity index is 944. The van der Waals surface area contributed by atoms with Crippen molar-refractivity contribution >= 4 is 39.5 Å². The number of carbonyl (C=O) groups is 2. The molecule has 2 aromatic rings. The molecule has 1 aliphatic rings. The van der Waals surface area contributed by atoms with Gasteiger partial charge in [0, 0.05) is 13.7 Å². The highest BCUT2D eigenvalue weighted by Crippen LogP contribution is 2.36. The van der Waals surface area contributed by atoms with E-state index in [2.05, 4.69) is 21.2 Å². The van der Waals surface area contributed by atoms with Gasteiger partial charge < -0.3 is 19.5 Å². The van der Waals surface area contributed by atoms with Crippen LogP contribution in [0.15, 0.2) is 52.7 Å². The van der Waals surface area contributed by atoms with Crippen molar-refractivity contribution in [3.63, 3.8) is 0 Å². The van der Waals surface area contributed by atoms with Crippen molar-refractivity contribution in [1.82, 2.24) is 5.32 Å². The molecule has 0 radical (unpaired) electrons. The lowest BCUT2D eigenvalue weighted by Crippen LogP contribution is -2.44. The summed E-state index contributed by atoms with van der Waals surface area (Å²) in [6, 6.07) is 12.5. The molecular formula is C21H21BrN2O5. The Morgan fingerprint density at radius 3 is 2.76 bits per heavy atom. The second kappa shape index (κ2) is 9.58. The highest BCUT2D eigenvalue weighted by molar-refractivity contribution is 9.10. The monoisotopic (exact) mass is 460 g/mol. The van der Waals surface area contributed by atoms with Gasteiger partial charge >= 0.3 is 0 Å². The Balaban J connectivity index is 1.88. The molecule has 0 atom stereocenters. The molecular weight excluding hydrogens is 440 g/mol. The third kappa shape index (κ3) is 4.96. The zero-order valence-electron chi connectivity index (χ0n) is 16.1. The van der Waals surface area contributed by atoms with Crippen LogP contribution in [0.4, 0.5) is 5.69 Å². The molecule has 0 unspecified atom stereocenters. The summed E-state index contributed by atoms with van der Waals surface area (Å²) in [5.74, 6) is 0.653. The smallest absolute Gasteiger partial charge is 0.294 e. The maximum Gasteiger partial charge on any atom is 0.294 e. The van der Waals surface area contributed by atoms with Crippen LogP contribution >= 0.6 is 15.9 Å². The Morgan fingerprint density at radius 2 is 2.03 bits per heavy atom. The third-order valence-electron chi connectivity index (χ3n) is 4.24. The van der Waals surface area contributed by atoms with Crippen molar-refractivity contribution in [2.45, 2.75) is 0 Å². The second-order valence-corrected chi connectivity index (χ2v) is 7.06. The summed E-state index contributed by atoms with van der Waals surface area (Å²) in [6.45, 7) is 0.654. The number of nitrogens with one attached hydrogen (secondary N) is 1. The molecule has 29 heavy (non-hydrogen) atoms. The van der Waals surface area contributed by atoms with E-state index in [9.17, 15) is 9.59 Å². The van der Waals surface area contributed by atoms with E-state index in [0.29, 0.717) is 30.3 Å². The molecule has 1 aliphatic heterocycles. The number of nitrogens with zero attached hydrogens (tertiary/aromatic N) is 1. The van der Waals surface area contributed by atoms with Crippen molar-refractivity contribution < 1.29 is 23.8 Å². The van der Waals surface area contributed by atoms with Crippen LogP contribution in [0.25, 0.3) is 6.08 Å². The van der Waals surface area contributed by atoms with Gasteiger partial charge in [-0.1, -0.05) is 18.2 Å². The number of para-hydroxylation sites is 2. The highest BCUT2D eigenvalue weighted by atomic mass is 79.9. The van der Waals surface area contributed by atoms with E-state index in [0.717, 1.165) is 10.0 Å². The van der Waals surface area contributed by atoms with E-state index in [1.807, 2.05) is 18.2 Å². The van der Waals surface area contributed by atoms with Gasteiger partial charge in [-0.25, -0.2) is 0 Å². The fraction of sp³-hybridized carbons (Fsp3) is 0.238. The standard InChI is InChI=1S/C21H21BrN2O5/c1-27-10-9-23-20(25)13-24-16-5-3-4-6-18(16)29-19(21(24)26)12-14-7-8-17(28-2)15(22)11-14/h3-8,11-12H,9-10,13H2,1-2H3,(H,23,25). The van der Waals surface area contributed by atoms with Gasteiger partial charge in [-0.3, -0.25) is 14.5 Å². The molecule has 152 valence electrons. The summed E-state index contributed by atoms with van der Waals surface area (Å²) < 4.78 is 16.7. The number of hydrogen-bond donors (Lipinski definition) is 1. The Kier molecular flexibility index (Phi) is 6.90. The molecule has 0 saturated carbocycles. The largest absolute Gasteiger partial charge is 0.496 e. The lowest BCUT2D eigenvalue weighted by molar-refractivity contribution is -0.123. The number of hydrogen-bond acceptors (Lipinski definition) is 5. The van der Waals surface area contributed by atoms with Crippen LogP contribution in [0.2, 0.25) is 0 Å². The second-order valence-electron chi connectivity index (χ2n) is 6.21. The van der Waals surface area contributed by atoms with E-state index in [1.165, 1.54) is 4.90 Å². The van der Waals surface area contributed by atoms with Crippen LogP contribution in [0.1, 0.15) is 5.56 Å². The number of anilines is 1. The average molecular weight is 461 g/mol. The van der Waals surface area contributed by atoms with Crippen LogP contribution in [-0.4, -0.2) is 45.7 Å². The average Bonchev–Trinajstić information content (AvgIpc) is 2.71. The predicted molar refractivity (Wildman–Crippen MR) is 113 cm³/mol. The minimum Gasteiger partial charge on any atom is -0.496 e. The molecule has 1 N–H and O–H groups in total. The summed E-state index contributed by atoms with van der Waals surface area (Å²) in [4.78, 5) is 26.7. The highest BCUT2D eigenvalue weighted by Gasteiger charge is 2.31. The number of amides is 2. The van der Waals surface area contributed by atoms with Crippen molar-refractivity contribution in [2.24, 2.45) is 0 Å². The first-order valence-corrected chi connectivity index (χ1v) is 9.72. The number of rotatable bonds is 7. The van der Waals surface area contributed by atoms with E-state index < -0.39 is 5.91 Å². The Hall–Kier alpha value is -2.84. The Labute approximate surface area is 177 Å². The maximum atomic E-state index is 13.1. The molecule has 3 rings (SSSR count). The molecule has 0 aromatic heterocycles. The number of halogens is 1. The summed E-state index contributed by atoms with van der Waals surface area (Å²) in [7, 11) is 3.14. The summed E-state index contributed by atoms with van der Waals surface area (Å²) in [6.07, 6.45) is 1.64. The fourth-order valence-corrected chi connectivity index (χ4v) is 3.39. The number of benzene rings is 2. The fourth-order valence-electron chi connectivity index (χ4n) is 2.83. The maximum absolute atomic E-state index is 13.1. The van der Waals surface area contributed by atoms with Gasteiger partial charge in [0.2, 0.25) is 5.91 Å². The minimum atomic E-state index is -0.391. The first-order chi connectivity index (χ1) is 14.0. The van der Waals surface area contributed by atoms with E-state index in [4.69, 9.17) is 14.2 Å². The Morgan fingerprint density at radius 1 is 1.24 bits per heavy atom. The van der Waals surface area contributed by atoms with Crippen molar-refractivity contribution in [1.29, 1.82) is 0 Å². The first-order valence-electron chi connectivity index (χ1n) is 8.93. The molecule has 0 bridgehead atoms. The third-order valence-corrected chi connectivity index (χ3v) is 4.86. The zero-order chi connectivity index (χ0) is 20.8. The van der Waals surface area contributed by atoms with Gasteiger partial charge in [-0.2, -0.15) is 0 Å². The summed E-state index contributed by atoms with van der Waals surface area (Å²) >= 11 is 3.43. The molecule has 8 heteroatoms. The number of ether oxygens (including phenoxy) is 3. The number of methoxy groups -OCH3 is 2. The first kappa shape index (κ1) is 20.9. The zero-order valence-corrected chi connectivity index (χ0v) is 17.7. The van der Waals surface area contributed by atoms with E-state index in [1.54, 1.807) is 44.6 Å². The quantitative estimate of drug-likeness (QED) is 0.507. The topological polar surface area (TPSA) is 77.1 Å². The molecule has 0 aliphatic carbocycles. The molecule has 7 nitrogen and oxygen atoms in total. The van der Waals surface area contributed by atoms with Crippen LogP contribution in [-0.2, 0) is 14.3 Å². The normalized spacial score (nSPS) is 14.4. The minimum absolute atomic E-state index is 0.118. The molecule has 0 fully saturated rings. The molecule has 1 heterocycles. The van der Waals surface area contributed by atoms with Gasteiger partial charge in [-0.05, 0) is 51.8 Å². The molecule has 2 amide bonds. The van der Waals surface area contributed by atoms with E-state index >= 15 is 0 Å². The van der Waals surface area contributed by atoms with Gasteiger partial charge in [0.25, 0.3) is 5.91 Å². The molecule has 0 spiro atoms. The van der Waals surface area contributed by atoms with Gasteiger partial charge in [0.15, 0.2) is 11.5 Å². The summed E-state index contributed by atoms with van der Waals surface area (Å²) in [5, 5.41) is 2.73. The van der Waals surface area contributed by atoms with Crippen LogP contribution in [0.3, 0.4) is 0 Å². The lowest BCUT2D eigenvalue weighted by Gasteiger charge is -2.30. The van der Waals surface area contributed by atoms with Gasteiger partial charge in [0.05, 0.1) is 23.9 Å². The van der Waals surface area contributed by atoms with Crippen LogP contribution < -0.4 is 19.7 Å². The van der Waals surface area contributed by atoms with E-state index in [-0.39, 0.29) is 18.2 Å². The number of fused-ring (bicyclic) bond motifs is 1. The van der Waals surface area contributed by atoms with Crippen molar-refractivity contribution in [2.75, 3.05) is 38.8 Å². The lowest BCUT2D eigenvalue weighted by atomic mass is 10.1. The SMILES string of the molecule is COCCNC(=O)CN1C(=O)C(=Cc2ccc(OC)c(Br)c2)Oc2ccccc21. The van der Waals surface area contributed by atoms with Crippen LogP contribution in [0, 0.1) is 0 Å². The van der Waals surface area contributed by atoms with Crippen LogP contribution in [0.5, 0.6) is 11.5 Å². The van der Waals surface area contributed by atoms with Gasteiger partial charge in [0.1, 0.15) is 12.3 Å². The number of carbonyl (C=O) groups excluding carboxylic acids is 2. The molecule has 2 aromatic carbocycles. The summed E-state index contributed by atoms with van der Waals surface area (Å²) in [5.41, 5.74) is 1.30. The van der Waals surface area contributed by atoms with Crippen molar-refractivity contribution in [3.8, 4) is 11.5 Å². The predicted octanol–water partition coefficient (Wildman–Crippen LogP) is 2.99. The molecule has 0 saturated heterocycles.